The topological polar surface area (TPSA) is 3.24 Å². The Kier molecular flexibility index (Phi) is 4.44. The monoisotopic (exact) mass is 319 g/mol. The SMILES string of the molecule is CN(C)c1cccc(C2C(Cl)=C(Cl)C=CC2Cl)c1F. The van der Waals surface area contributed by atoms with Crippen LogP contribution in [-0.4, -0.2) is 19.5 Å². The Morgan fingerprint density at radius 3 is 2.53 bits per heavy atom. The first-order valence-electron chi connectivity index (χ1n) is 5.76. The van der Waals surface area contributed by atoms with E-state index < -0.39 is 11.3 Å². The van der Waals surface area contributed by atoms with Gasteiger partial charge in [-0.1, -0.05) is 41.4 Å². The van der Waals surface area contributed by atoms with Crippen LogP contribution < -0.4 is 4.90 Å². The molecule has 0 aliphatic heterocycles. The molecule has 102 valence electrons. The van der Waals surface area contributed by atoms with Crippen LogP contribution in [0.25, 0.3) is 0 Å². The van der Waals surface area contributed by atoms with E-state index in [1.807, 2.05) is 0 Å². The highest BCUT2D eigenvalue weighted by atomic mass is 35.5. The molecule has 0 aromatic heterocycles. The molecule has 1 aromatic rings. The molecular weight excluding hydrogens is 308 g/mol. The van der Waals surface area contributed by atoms with Gasteiger partial charge in [0.05, 0.1) is 16.1 Å². The summed E-state index contributed by atoms with van der Waals surface area (Å²) in [6.07, 6.45) is 3.37. The quantitative estimate of drug-likeness (QED) is 0.705. The second kappa shape index (κ2) is 5.74. The Morgan fingerprint density at radius 2 is 1.89 bits per heavy atom. The smallest absolute Gasteiger partial charge is 0.150 e. The number of rotatable bonds is 2. The highest BCUT2D eigenvalue weighted by molar-refractivity contribution is 6.41. The number of anilines is 1. The first-order chi connectivity index (χ1) is 8.93. The van der Waals surface area contributed by atoms with E-state index in [2.05, 4.69) is 0 Å². The van der Waals surface area contributed by atoms with Crippen LogP contribution in [0.3, 0.4) is 0 Å². The van der Waals surface area contributed by atoms with Crippen molar-refractivity contribution in [3.05, 3.63) is 51.8 Å². The molecule has 0 saturated carbocycles. The summed E-state index contributed by atoms with van der Waals surface area (Å²) < 4.78 is 14.5. The van der Waals surface area contributed by atoms with Gasteiger partial charge in [-0.15, -0.1) is 11.6 Å². The average molecular weight is 321 g/mol. The van der Waals surface area contributed by atoms with E-state index in [-0.39, 0.29) is 5.82 Å². The van der Waals surface area contributed by atoms with Crippen LogP contribution in [0.5, 0.6) is 0 Å². The fourth-order valence-corrected chi connectivity index (χ4v) is 2.99. The molecule has 2 unspecified atom stereocenters. The minimum Gasteiger partial charge on any atom is -0.375 e. The molecule has 1 aromatic carbocycles. The van der Waals surface area contributed by atoms with Crippen molar-refractivity contribution in [2.24, 2.45) is 0 Å². The minimum atomic E-state index is -0.458. The van der Waals surface area contributed by atoms with E-state index in [4.69, 9.17) is 34.8 Å². The lowest BCUT2D eigenvalue weighted by Crippen LogP contribution is -2.18. The molecule has 1 aliphatic rings. The highest BCUT2D eigenvalue weighted by Crippen LogP contribution is 2.42. The van der Waals surface area contributed by atoms with Crippen molar-refractivity contribution in [3.8, 4) is 0 Å². The largest absolute Gasteiger partial charge is 0.375 e. The van der Waals surface area contributed by atoms with Gasteiger partial charge in [-0.3, -0.25) is 0 Å². The molecule has 0 heterocycles. The molecule has 2 atom stereocenters. The molecule has 5 heteroatoms. The maximum atomic E-state index is 14.5. The van der Waals surface area contributed by atoms with Crippen molar-refractivity contribution in [2.75, 3.05) is 19.0 Å². The Bertz CT molecular complexity index is 552. The fraction of sp³-hybridized carbons (Fsp3) is 0.286. The molecule has 2 rings (SSSR count). The van der Waals surface area contributed by atoms with E-state index in [1.165, 1.54) is 0 Å². The lowest BCUT2D eigenvalue weighted by molar-refractivity contribution is 0.597. The third kappa shape index (κ3) is 2.76. The van der Waals surface area contributed by atoms with Gasteiger partial charge >= 0.3 is 0 Å². The van der Waals surface area contributed by atoms with Crippen LogP contribution in [-0.2, 0) is 0 Å². The van der Waals surface area contributed by atoms with E-state index in [0.717, 1.165) is 0 Å². The van der Waals surface area contributed by atoms with Gasteiger partial charge in [0.25, 0.3) is 0 Å². The molecule has 19 heavy (non-hydrogen) atoms. The van der Waals surface area contributed by atoms with E-state index in [9.17, 15) is 4.39 Å². The van der Waals surface area contributed by atoms with Gasteiger partial charge in [0, 0.05) is 30.6 Å². The molecule has 0 amide bonds. The number of allylic oxidation sites excluding steroid dienone is 4. The number of alkyl halides is 1. The van der Waals surface area contributed by atoms with Crippen LogP contribution in [0.15, 0.2) is 40.4 Å². The number of benzene rings is 1. The van der Waals surface area contributed by atoms with Gasteiger partial charge < -0.3 is 4.90 Å². The third-order valence-electron chi connectivity index (χ3n) is 3.07. The molecule has 0 bridgehead atoms. The zero-order valence-electron chi connectivity index (χ0n) is 10.5. The lowest BCUT2D eigenvalue weighted by Gasteiger charge is -2.26. The standard InChI is InChI=1S/C14H13Cl3FN/c1-19(2)11-5-3-4-8(14(11)18)12-9(15)6-7-10(16)13(12)17/h3-7,9,12H,1-2H3. The van der Waals surface area contributed by atoms with Crippen molar-refractivity contribution < 1.29 is 4.39 Å². The molecule has 0 fully saturated rings. The highest BCUT2D eigenvalue weighted by Gasteiger charge is 2.30. The maximum Gasteiger partial charge on any atom is 0.150 e. The maximum absolute atomic E-state index is 14.5. The molecule has 0 N–H and O–H groups in total. The molecular formula is C14H13Cl3FN. The Hall–Kier alpha value is -0.700. The van der Waals surface area contributed by atoms with Crippen molar-refractivity contribution in [1.29, 1.82) is 0 Å². The number of hydrogen-bond donors (Lipinski definition) is 0. The van der Waals surface area contributed by atoms with E-state index in [0.29, 0.717) is 21.3 Å². The normalized spacial score (nSPS) is 22.8. The second-order valence-electron chi connectivity index (χ2n) is 4.55. The van der Waals surface area contributed by atoms with Crippen LogP contribution in [0.1, 0.15) is 11.5 Å². The van der Waals surface area contributed by atoms with Gasteiger partial charge in [0.1, 0.15) is 5.82 Å². The van der Waals surface area contributed by atoms with Crippen molar-refractivity contribution in [3.63, 3.8) is 0 Å². The summed E-state index contributed by atoms with van der Waals surface area (Å²) in [4.78, 5) is 1.71. The fourth-order valence-electron chi connectivity index (χ4n) is 2.09. The van der Waals surface area contributed by atoms with Gasteiger partial charge in [-0.05, 0) is 12.1 Å². The average Bonchev–Trinajstić information content (AvgIpc) is 2.36. The van der Waals surface area contributed by atoms with Crippen LogP contribution >= 0.6 is 34.8 Å². The van der Waals surface area contributed by atoms with Crippen LogP contribution in [0.4, 0.5) is 10.1 Å². The minimum absolute atomic E-state index is 0.318. The third-order valence-corrected chi connectivity index (χ3v) is 4.33. The van der Waals surface area contributed by atoms with Gasteiger partial charge in [-0.25, -0.2) is 4.39 Å². The van der Waals surface area contributed by atoms with Gasteiger partial charge in [0.15, 0.2) is 0 Å². The summed E-state index contributed by atoms with van der Waals surface area (Å²) in [7, 11) is 3.57. The van der Waals surface area contributed by atoms with Crippen molar-refractivity contribution >= 4 is 40.5 Å². The number of nitrogens with zero attached hydrogens (tertiary/aromatic N) is 1. The van der Waals surface area contributed by atoms with Crippen LogP contribution in [0.2, 0.25) is 0 Å². The summed E-state index contributed by atoms with van der Waals surface area (Å²) in [6.45, 7) is 0. The summed E-state index contributed by atoms with van der Waals surface area (Å²) in [5.41, 5.74) is 0.954. The molecule has 0 saturated heterocycles. The number of halogens is 4. The van der Waals surface area contributed by atoms with Gasteiger partial charge in [0.2, 0.25) is 0 Å². The van der Waals surface area contributed by atoms with Gasteiger partial charge in [-0.2, -0.15) is 0 Å². The molecule has 1 aliphatic carbocycles. The van der Waals surface area contributed by atoms with Crippen molar-refractivity contribution in [1.82, 2.24) is 0 Å². The zero-order chi connectivity index (χ0) is 14.2. The second-order valence-corrected chi connectivity index (χ2v) is 5.87. The summed E-state index contributed by atoms with van der Waals surface area (Å²) in [5.74, 6) is -0.776. The predicted molar refractivity (Wildman–Crippen MR) is 81.0 cm³/mol. The Labute approximate surface area is 127 Å². The molecule has 1 nitrogen and oxygen atoms in total. The first-order valence-corrected chi connectivity index (χ1v) is 6.96. The summed E-state index contributed by atoms with van der Waals surface area (Å²) >= 11 is 18.4. The molecule has 0 spiro atoms. The lowest BCUT2D eigenvalue weighted by atomic mass is 9.90. The summed E-state index contributed by atoms with van der Waals surface area (Å²) in [5, 5.41) is 0.360. The summed E-state index contributed by atoms with van der Waals surface area (Å²) in [6, 6.07) is 5.18. The molecule has 0 radical (unpaired) electrons. The van der Waals surface area contributed by atoms with E-state index in [1.54, 1.807) is 49.3 Å². The van der Waals surface area contributed by atoms with Crippen molar-refractivity contribution in [2.45, 2.75) is 11.3 Å². The predicted octanol–water partition coefficient (Wildman–Crippen LogP) is 4.84. The Balaban J connectivity index is 2.53. The number of hydrogen-bond acceptors (Lipinski definition) is 1. The van der Waals surface area contributed by atoms with E-state index >= 15 is 0 Å². The van der Waals surface area contributed by atoms with Crippen LogP contribution in [0, 0.1) is 5.82 Å². The first kappa shape index (κ1) is 14.7. The Morgan fingerprint density at radius 1 is 1.21 bits per heavy atom. The zero-order valence-corrected chi connectivity index (χ0v) is 12.8.